The van der Waals surface area contributed by atoms with Gasteiger partial charge < -0.3 is 20.1 Å². The van der Waals surface area contributed by atoms with Gasteiger partial charge in [0.2, 0.25) is 0 Å². The summed E-state index contributed by atoms with van der Waals surface area (Å²) in [4.78, 5) is 18.0. The molecule has 2 heterocycles. The van der Waals surface area contributed by atoms with Crippen LogP contribution in [0.15, 0.2) is 24.4 Å². The van der Waals surface area contributed by atoms with E-state index in [1.54, 1.807) is 11.1 Å². The van der Waals surface area contributed by atoms with Crippen molar-refractivity contribution in [3.05, 3.63) is 30.0 Å². The third-order valence-electron chi connectivity index (χ3n) is 4.48. The first kappa shape index (κ1) is 18.3. The summed E-state index contributed by atoms with van der Waals surface area (Å²) in [6.07, 6.45) is 3.12. The zero-order valence-electron chi connectivity index (χ0n) is 15.9. The Labute approximate surface area is 154 Å². The van der Waals surface area contributed by atoms with Crippen LogP contribution in [0, 0.1) is 6.92 Å². The van der Waals surface area contributed by atoms with Crippen LogP contribution in [0.1, 0.15) is 39.2 Å². The van der Waals surface area contributed by atoms with Crippen molar-refractivity contribution in [1.82, 2.24) is 9.88 Å². The van der Waals surface area contributed by atoms with Gasteiger partial charge in [0.25, 0.3) is 0 Å². The van der Waals surface area contributed by atoms with E-state index in [0.29, 0.717) is 18.9 Å². The van der Waals surface area contributed by atoms with Crippen LogP contribution in [0.5, 0.6) is 5.75 Å². The molecule has 0 radical (unpaired) electrons. The van der Waals surface area contributed by atoms with Gasteiger partial charge in [-0.3, -0.25) is 0 Å². The van der Waals surface area contributed by atoms with Gasteiger partial charge >= 0.3 is 6.09 Å². The molecule has 3 rings (SSSR count). The smallest absolute Gasteiger partial charge is 0.410 e. The van der Waals surface area contributed by atoms with E-state index >= 15 is 0 Å². The van der Waals surface area contributed by atoms with Crippen LogP contribution >= 0.6 is 0 Å². The van der Waals surface area contributed by atoms with Crippen molar-refractivity contribution in [1.29, 1.82) is 0 Å². The highest BCUT2D eigenvalue weighted by Gasteiger charge is 2.27. The number of rotatable bonds is 2. The Bertz CT molecular complexity index is 806. The number of piperidine rings is 1. The van der Waals surface area contributed by atoms with Crippen molar-refractivity contribution in [2.75, 3.05) is 18.8 Å². The van der Waals surface area contributed by atoms with Crippen LogP contribution in [0.25, 0.3) is 10.8 Å². The SMILES string of the molecule is Cc1cc2c(N)nccc2cc1OC1CCN(C(=O)OC(C)(C)C)CC1. The van der Waals surface area contributed by atoms with Crippen molar-refractivity contribution < 1.29 is 14.3 Å². The molecular formula is C20H27N3O3. The molecule has 0 aliphatic carbocycles. The van der Waals surface area contributed by atoms with Crippen LogP contribution < -0.4 is 10.5 Å². The normalized spacial score (nSPS) is 15.9. The zero-order chi connectivity index (χ0) is 18.9. The second-order valence-corrected chi connectivity index (χ2v) is 7.82. The molecule has 1 aliphatic heterocycles. The van der Waals surface area contributed by atoms with E-state index in [1.807, 2.05) is 45.9 Å². The molecule has 1 aliphatic rings. The van der Waals surface area contributed by atoms with Crippen molar-refractivity contribution >= 4 is 22.7 Å². The van der Waals surface area contributed by atoms with Gasteiger partial charge in [0.15, 0.2) is 0 Å². The highest BCUT2D eigenvalue weighted by molar-refractivity contribution is 5.92. The van der Waals surface area contributed by atoms with E-state index in [4.69, 9.17) is 15.2 Å². The van der Waals surface area contributed by atoms with Crippen molar-refractivity contribution in [2.24, 2.45) is 0 Å². The van der Waals surface area contributed by atoms with Gasteiger partial charge in [-0.05, 0) is 56.8 Å². The number of ether oxygens (including phenoxy) is 2. The fraction of sp³-hybridized carbons (Fsp3) is 0.500. The Morgan fingerprint density at radius 1 is 1.27 bits per heavy atom. The molecule has 1 aromatic heterocycles. The predicted molar refractivity (Wildman–Crippen MR) is 102 cm³/mol. The number of likely N-dealkylation sites (tertiary alicyclic amines) is 1. The minimum Gasteiger partial charge on any atom is -0.490 e. The highest BCUT2D eigenvalue weighted by atomic mass is 16.6. The fourth-order valence-corrected chi connectivity index (χ4v) is 3.12. The Kier molecular flexibility index (Phi) is 4.94. The maximum Gasteiger partial charge on any atom is 0.410 e. The molecule has 0 saturated carbocycles. The summed E-state index contributed by atoms with van der Waals surface area (Å²) in [6.45, 7) is 8.94. The maximum atomic E-state index is 12.2. The van der Waals surface area contributed by atoms with E-state index in [1.165, 1.54) is 0 Å². The Hall–Kier alpha value is -2.50. The zero-order valence-corrected chi connectivity index (χ0v) is 15.9. The molecule has 1 fully saturated rings. The molecule has 140 valence electrons. The summed E-state index contributed by atoms with van der Waals surface area (Å²) in [5.41, 5.74) is 6.51. The summed E-state index contributed by atoms with van der Waals surface area (Å²) in [6, 6.07) is 5.97. The molecule has 6 nitrogen and oxygen atoms in total. The lowest BCUT2D eigenvalue weighted by atomic mass is 10.1. The summed E-state index contributed by atoms with van der Waals surface area (Å²) < 4.78 is 11.7. The van der Waals surface area contributed by atoms with Crippen LogP contribution in [-0.4, -0.2) is 40.8 Å². The predicted octanol–water partition coefficient (Wildman–Crippen LogP) is 3.90. The number of aromatic nitrogens is 1. The van der Waals surface area contributed by atoms with Gasteiger partial charge in [-0.2, -0.15) is 0 Å². The molecule has 0 atom stereocenters. The summed E-state index contributed by atoms with van der Waals surface area (Å²) in [5.74, 6) is 1.39. The van der Waals surface area contributed by atoms with Gasteiger partial charge in [-0.15, -0.1) is 0 Å². The number of anilines is 1. The van der Waals surface area contributed by atoms with E-state index in [0.717, 1.165) is 34.9 Å². The number of aryl methyl sites for hydroxylation is 1. The second kappa shape index (κ2) is 7.02. The number of amides is 1. The van der Waals surface area contributed by atoms with Gasteiger partial charge in [0.1, 0.15) is 23.3 Å². The quantitative estimate of drug-likeness (QED) is 0.882. The third-order valence-corrected chi connectivity index (χ3v) is 4.48. The first-order chi connectivity index (χ1) is 12.2. The first-order valence-corrected chi connectivity index (χ1v) is 9.02. The number of nitrogen functional groups attached to an aromatic ring is 1. The molecule has 1 saturated heterocycles. The van der Waals surface area contributed by atoms with Crippen molar-refractivity contribution in [2.45, 2.75) is 52.2 Å². The van der Waals surface area contributed by atoms with Crippen LogP contribution in [-0.2, 0) is 4.74 Å². The van der Waals surface area contributed by atoms with Crippen LogP contribution in [0.3, 0.4) is 0 Å². The Morgan fingerprint density at radius 2 is 1.96 bits per heavy atom. The lowest BCUT2D eigenvalue weighted by molar-refractivity contribution is 0.0126. The molecule has 1 aromatic carbocycles. The number of nitrogens with zero attached hydrogens (tertiary/aromatic N) is 2. The largest absolute Gasteiger partial charge is 0.490 e. The molecule has 0 spiro atoms. The van der Waals surface area contributed by atoms with Crippen molar-refractivity contribution in [3.8, 4) is 5.75 Å². The lowest BCUT2D eigenvalue weighted by Crippen LogP contribution is -2.44. The number of hydrogen-bond acceptors (Lipinski definition) is 5. The molecule has 6 heteroatoms. The van der Waals surface area contributed by atoms with E-state index in [2.05, 4.69) is 4.98 Å². The molecule has 0 bridgehead atoms. The molecule has 0 unspecified atom stereocenters. The number of nitrogens with two attached hydrogens (primary N) is 1. The molecule has 2 N–H and O–H groups in total. The second-order valence-electron chi connectivity index (χ2n) is 7.82. The van der Waals surface area contributed by atoms with E-state index in [9.17, 15) is 4.79 Å². The topological polar surface area (TPSA) is 77.7 Å². The van der Waals surface area contributed by atoms with Crippen molar-refractivity contribution in [3.63, 3.8) is 0 Å². The highest BCUT2D eigenvalue weighted by Crippen LogP contribution is 2.30. The number of fused-ring (bicyclic) bond motifs is 1. The molecular weight excluding hydrogens is 330 g/mol. The standard InChI is InChI=1S/C20H27N3O3/c1-13-11-16-14(5-8-22-18(16)21)12-17(13)25-15-6-9-23(10-7-15)19(24)26-20(2,3)4/h5,8,11-12,15H,6-7,9-10H2,1-4H3,(H2,21,22). The number of benzene rings is 1. The lowest BCUT2D eigenvalue weighted by Gasteiger charge is -2.33. The average Bonchev–Trinajstić information content (AvgIpc) is 2.56. The fourth-order valence-electron chi connectivity index (χ4n) is 3.12. The monoisotopic (exact) mass is 357 g/mol. The minimum atomic E-state index is -0.469. The minimum absolute atomic E-state index is 0.0871. The maximum absolute atomic E-state index is 12.2. The summed E-state index contributed by atoms with van der Waals surface area (Å²) in [7, 11) is 0. The average molecular weight is 357 g/mol. The molecule has 1 amide bonds. The van der Waals surface area contributed by atoms with Crippen LogP contribution in [0.4, 0.5) is 10.6 Å². The van der Waals surface area contributed by atoms with Gasteiger partial charge in [0, 0.05) is 37.5 Å². The number of pyridine rings is 1. The third kappa shape index (κ3) is 4.18. The summed E-state index contributed by atoms with van der Waals surface area (Å²) in [5, 5.41) is 1.96. The number of carbonyl (C=O) groups is 1. The Morgan fingerprint density at radius 3 is 2.62 bits per heavy atom. The number of hydrogen-bond donors (Lipinski definition) is 1. The molecule has 26 heavy (non-hydrogen) atoms. The first-order valence-electron chi connectivity index (χ1n) is 9.02. The van der Waals surface area contributed by atoms with E-state index in [-0.39, 0.29) is 12.2 Å². The Balaban J connectivity index is 1.64. The van der Waals surface area contributed by atoms with Gasteiger partial charge in [0.05, 0.1) is 0 Å². The molecule has 2 aromatic rings. The van der Waals surface area contributed by atoms with Gasteiger partial charge in [-0.25, -0.2) is 9.78 Å². The van der Waals surface area contributed by atoms with E-state index < -0.39 is 5.60 Å². The summed E-state index contributed by atoms with van der Waals surface area (Å²) >= 11 is 0. The van der Waals surface area contributed by atoms with Gasteiger partial charge in [-0.1, -0.05) is 0 Å². The number of carbonyl (C=O) groups excluding carboxylic acids is 1. The van der Waals surface area contributed by atoms with Crippen LogP contribution in [0.2, 0.25) is 0 Å².